The van der Waals surface area contributed by atoms with Crippen LogP contribution >= 0.6 is 27.3 Å². The molecule has 0 saturated heterocycles. The van der Waals surface area contributed by atoms with Gasteiger partial charge in [0.05, 0.1) is 21.1 Å². The van der Waals surface area contributed by atoms with E-state index < -0.39 is 5.97 Å². The van der Waals surface area contributed by atoms with Crippen LogP contribution in [0.3, 0.4) is 0 Å². The zero-order valence-electron chi connectivity index (χ0n) is 12.3. The lowest BCUT2D eigenvalue weighted by molar-refractivity contribution is -0.138. The van der Waals surface area contributed by atoms with Crippen LogP contribution in [0.15, 0.2) is 9.85 Å². The predicted molar refractivity (Wildman–Crippen MR) is 84.3 cm³/mol. The third-order valence-corrected chi connectivity index (χ3v) is 5.37. The molecule has 6 nitrogen and oxygen atoms in total. The summed E-state index contributed by atoms with van der Waals surface area (Å²) in [6.45, 7) is 7.96. The Bertz CT molecular complexity index is 640. The minimum atomic E-state index is -0.861. The number of carboxylic acids is 1. The first-order chi connectivity index (χ1) is 9.70. The molecule has 21 heavy (non-hydrogen) atoms. The maximum Gasteiger partial charge on any atom is 0.305 e. The monoisotopic (exact) mass is 372 g/mol. The van der Waals surface area contributed by atoms with Crippen LogP contribution in [-0.4, -0.2) is 31.3 Å². The molecule has 0 fully saturated rings. The van der Waals surface area contributed by atoms with Crippen molar-refractivity contribution in [2.75, 3.05) is 0 Å². The second-order valence-electron chi connectivity index (χ2n) is 5.99. The fourth-order valence-electron chi connectivity index (χ4n) is 2.06. The van der Waals surface area contributed by atoms with Crippen molar-refractivity contribution in [2.45, 2.75) is 40.2 Å². The van der Waals surface area contributed by atoms with Gasteiger partial charge in [-0.1, -0.05) is 20.8 Å². The Labute approximate surface area is 135 Å². The molecule has 0 amide bonds. The average molecular weight is 373 g/mol. The highest BCUT2D eigenvalue weighted by atomic mass is 79.9. The quantitative estimate of drug-likeness (QED) is 0.887. The summed E-state index contributed by atoms with van der Waals surface area (Å²) >= 11 is 5.03. The van der Waals surface area contributed by atoms with Gasteiger partial charge in [0.1, 0.15) is 0 Å². The van der Waals surface area contributed by atoms with Crippen molar-refractivity contribution in [1.29, 1.82) is 0 Å². The highest BCUT2D eigenvalue weighted by molar-refractivity contribution is 9.11. The summed E-state index contributed by atoms with van der Waals surface area (Å²) in [5.41, 5.74) is 0.835. The first kappa shape index (κ1) is 16.1. The van der Waals surface area contributed by atoms with Crippen LogP contribution < -0.4 is 0 Å². The molecule has 1 atom stereocenters. The van der Waals surface area contributed by atoms with Crippen LogP contribution in [-0.2, 0) is 4.79 Å². The van der Waals surface area contributed by atoms with Gasteiger partial charge in [-0.05, 0) is 50.3 Å². The number of thiophene rings is 1. The van der Waals surface area contributed by atoms with E-state index in [1.165, 1.54) is 11.3 Å². The Kier molecular flexibility index (Phi) is 4.48. The SMILES string of the molecule is Cc1cc(-c2nnnn2C(CC(=O)O)C(C)(C)C)sc1Br. The summed E-state index contributed by atoms with van der Waals surface area (Å²) in [5, 5.41) is 21.0. The van der Waals surface area contributed by atoms with E-state index in [4.69, 9.17) is 5.11 Å². The van der Waals surface area contributed by atoms with E-state index in [1.807, 2.05) is 33.8 Å². The summed E-state index contributed by atoms with van der Waals surface area (Å²) in [7, 11) is 0. The van der Waals surface area contributed by atoms with Gasteiger partial charge in [-0.15, -0.1) is 16.4 Å². The van der Waals surface area contributed by atoms with Crippen LogP contribution in [0.5, 0.6) is 0 Å². The zero-order chi connectivity index (χ0) is 15.8. The predicted octanol–water partition coefficient (Wildman–Crippen LogP) is 3.53. The largest absolute Gasteiger partial charge is 0.481 e. The minimum absolute atomic E-state index is 0.0208. The molecule has 2 heterocycles. The van der Waals surface area contributed by atoms with Crippen molar-refractivity contribution < 1.29 is 9.90 Å². The molecule has 114 valence electrons. The van der Waals surface area contributed by atoms with E-state index in [-0.39, 0.29) is 17.9 Å². The molecule has 2 aromatic rings. The van der Waals surface area contributed by atoms with Crippen molar-refractivity contribution in [3.63, 3.8) is 0 Å². The Morgan fingerprint density at radius 3 is 2.67 bits per heavy atom. The first-order valence-electron chi connectivity index (χ1n) is 6.46. The summed E-state index contributed by atoms with van der Waals surface area (Å²) in [6.07, 6.45) is -0.0208. The number of nitrogens with zero attached hydrogens (tertiary/aromatic N) is 4. The normalized spacial score (nSPS) is 13.4. The van der Waals surface area contributed by atoms with Gasteiger partial charge in [-0.3, -0.25) is 4.79 Å². The van der Waals surface area contributed by atoms with Gasteiger partial charge in [0.25, 0.3) is 0 Å². The molecule has 0 aliphatic heterocycles. The van der Waals surface area contributed by atoms with Crippen molar-refractivity contribution in [3.8, 4) is 10.7 Å². The van der Waals surface area contributed by atoms with E-state index >= 15 is 0 Å². The molecule has 2 aromatic heterocycles. The maximum atomic E-state index is 11.2. The standard InChI is InChI=1S/C13H17BrN4O2S/c1-7-5-8(21-11(7)14)12-15-16-17-18(12)9(6-10(19)20)13(2,3)4/h5,9H,6H2,1-4H3,(H,19,20). The van der Waals surface area contributed by atoms with Crippen LogP contribution in [0, 0.1) is 12.3 Å². The van der Waals surface area contributed by atoms with E-state index in [0.717, 1.165) is 14.2 Å². The maximum absolute atomic E-state index is 11.2. The number of halogens is 1. The molecule has 0 aromatic carbocycles. The molecule has 0 radical (unpaired) electrons. The second kappa shape index (κ2) is 5.84. The molecule has 1 N–H and O–H groups in total. The van der Waals surface area contributed by atoms with Crippen LogP contribution in [0.4, 0.5) is 0 Å². The van der Waals surface area contributed by atoms with Crippen molar-refractivity contribution in [1.82, 2.24) is 20.2 Å². The van der Waals surface area contributed by atoms with Gasteiger partial charge >= 0.3 is 5.97 Å². The number of aromatic nitrogens is 4. The van der Waals surface area contributed by atoms with Crippen molar-refractivity contribution in [3.05, 3.63) is 15.4 Å². The smallest absolute Gasteiger partial charge is 0.305 e. The van der Waals surface area contributed by atoms with E-state index in [0.29, 0.717) is 5.82 Å². The lowest BCUT2D eigenvalue weighted by Gasteiger charge is -2.29. The van der Waals surface area contributed by atoms with Gasteiger partial charge in [0.2, 0.25) is 0 Å². The molecule has 2 rings (SSSR count). The number of hydrogen-bond donors (Lipinski definition) is 1. The minimum Gasteiger partial charge on any atom is -0.481 e. The number of carboxylic acid groups (broad SMARTS) is 1. The topological polar surface area (TPSA) is 80.9 Å². The third-order valence-electron chi connectivity index (χ3n) is 3.23. The Balaban J connectivity index is 2.48. The van der Waals surface area contributed by atoms with Crippen LogP contribution in [0.2, 0.25) is 0 Å². The van der Waals surface area contributed by atoms with Crippen LogP contribution in [0.1, 0.15) is 38.8 Å². The molecule has 1 unspecified atom stereocenters. The van der Waals surface area contributed by atoms with E-state index in [1.54, 1.807) is 4.68 Å². The molecular formula is C13H17BrN4O2S. The number of tetrazole rings is 1. The lowest BCUT2D eigenvalue weighted by Crippen LogP contribution is -2.28. The molecule has 0 spiro atoms. The lowest BCUT2D eigenvalue weighted by atomic mass is 9.85. The molecule has 0 aliphatic carbocycles. The number of aliphatic carboxylic acids is 1. The van der Waals surface area contributed by atoms with E-state index in [9.17, 15) is 4.79 Å². The number of rotatable bonds is 4. The summed E-state index contributed by atoms with van der Waals surface area (Å²) < 4.78 is 2.66. The molecule has 0 saturated carbocycles. The van der Waals surface area contributed by atoms with E-state index in [2.05, 4.69) is 31.5 Å². The fourth-order valence-corrected chi connectivity index (χ4v) is 3.57. The molecule has 0 bridgehead atoms. The highest BCUT2D eigenvalue weighted by Crippen LogP contribution is 2.38. The number of carbonyl (C=O) groups is 1. The van der Waals surface area contributed by atoms with Gasteiger partial charge < -0.3 is 5.11 Å². The van der Waals surface area contributed by atoms with Gasteiger partial charge in [-0.2, -0.15) is 0 Å². The third kappa shape index (κ3) is 3.49. The first-order valence-corrected chi connectivity index (χ1v) is 8.07. The average Bonchev–Trinajstić information content (AvgIpc) is 2.92. The highest BCUT2D eigenvalue weighted by Gasteiger charge is 2.32. The van der Waals surface area contributed by atoms with Crippen molar-refractivity contribution >= 4 is 33.2 Å². The molecular weight excluding hydrogens is 356 g/mol. The van der Waals surface area contributed by atoms with Crippen LogP contribution in [0.25, 0.3) is 10.7 Å². The number of hydrogen-bond acceptors (Lipinski definition) is 5. The summed E-state index contributed by atoms with van der Waals surface area (Å²) in [4.78, 5) is 12.1. The van der Waals surface area contributed by atoms with Gasteiger partial charge in [0, 0.05) is 0 Å². The van der Waals surface area contributed by atoms with Crippen molar-refractivity contribution in [2.24, 2.45) is 5.41 Å². The molecule has 8 heteroatoms. The zero-order valence-corrected chi connectivity index (χ0v) is 14.7. The van der Waals surface area contributed by atoms with Gasteiger partial charge in [-0.25, -0.2) is 4.68 Å². The summed E-state index contributed by atoms with van der Waals surface area (Å²) in [5.74, 6) is -0.255. The summed E-state index contributed by atoms with van der Waals surface area (Å²) in [6, 6.07) is 1.68. The Morgan fingerprint density at radius 1 is 1.52 bits per heavy atom. The Morgan fingerprint density at radius 2 is 2.19 bits per heavy atom. The molecule has 0 aliphatic rings. The van der Waals surface area contributed by atoms with Gasteiger partial charge in [0.15, 0.2) is 5.82 Å². The Hall–Kier alpha value is -1.28. The number of aryl methyl sites for hydroxylation is 1. The second-order valence-corrected chi connectivity index (χ2v) is 8.36. The fraction of sp³-hybridized carbons (Fsp3) is 0.538.